The Balaban J connectivity index is 3.98. The molecular weight excluding hydrogens is 319 g/mol. The van der Waals surface area contributed by atoms with Crippen molar-refractivity contribution in [2.24, 2.45) is 0 Å². The van der Waals surface area contributed by atoms with Gasteiger partial charge in [-0.05, 0) is 12.8 Å². The highest BCUT2D eigenvalue weighted by atomic mass is 31.2. The molecule has 2 atom stereocenters. The molecule has 0 heterocycles. The summed E-state index contributed by atoms with van der Waals surface area (Å²) in [6.45, 7) is 5.97. The zero-order valence-electron chi connectivity index (χ0n) is 15.0. The largest absolute Gasteiger partial charge is 0.472 e. The lowest BCUT2D eigenvalue weighted by Gasteiger charge is -2.19. The summed E-state index contributed by atoms with van der Waals surface area (Å²) < 4.78 is 32.0. The van der Waals surface area contributed by atoms with Crippen LogP contribution in [-0.2, 0) is 23.1 Å². The predicted octanol–water partition coefficient (Wildman–Crippen LogP) is 4.31. The number of unbranched alkanes of at least 4 members (excludes halogenated alkanes) is 6. The van der Waals surface area contributed by atoms with Gasteiger partial charge in [0.15, 0.2) is 0 Å². The molecule has 0 saturated carbocycles. The van der Waals surface area contributed by atoms with E-state index in [1.165, 1.54) is 25.7 Å². The lowest BCUT2D eigenvalue weighted by molar-refractivity contribution is -0.0436. The minimum Gasteiger partial charge on any atom is -0.379 e. The van der Waals surface area contributed by atoms with Crippen LogP contribution in [0, 0.1) is 0 Å². The minimum absolute atomic E-state index is 0.00957. The average molecular weight is 354 g/mol. The Hall–Kier alpha value is 0.0300. The van der Waals surface area contributed by atoms with Gasteiger partial charge in [0.25, 0.3) is 0 Å². The third-order valence-corrected chi connectivity index (χ3v) is 4.39. The molecule has 0 aliphatic rings. The van der Waals surface area contributed by atoms with Crippen LogP contribution >= 0.6 is 7.82 Å². The molecule has 0 aromatic heterocycles. The van der Waals surface area contributed by atoms with Gasteiger partial charge in [0, 0.05) is 20.3 Å². The molecule has 0 aliphatic heterocycles. The molecule has 1 unspecified atom stereocenters. The van der Waals surface area contributed by atoms with Crippen LogP contribution in [-0.4, -0.2) is 44.5 Å². The van der Waals surface area contributed by atoms with Gasteiger partial charge in [-0.15, -0.1) is 0 Å². The van der Waals surface area contributed by atoms with Crippen molar-refractivity contribution in [3.8, 4) is 0 Å². The normalized spacial score (nSPS) is 15.5. The van der Waals surface area contributed by atoms with Gasteiger partial charge in [0.2, 0.25) is 0 Å². The molecular formula is C16H35O6P. The van der Waals surface area contributed by atoms with Gasteiger partial charge in [-0.3, -0.25) is 9.05 Å². The lowest BCUT2D eigenvalue weighted by Crippen LogP contribution is -2.26. The van der Waals surface area contributed by atoms with E-state index < -0.39 is 7.82 Å². The quantitative estimate of drug-likeness (QED) is 0.310. The summed E-state index contributed by atoms with van der Waals surface area (Å²) in [5.41, 5.74) is 0. The van der Waals surface area contributed by atoms with E-state index in [0.717, 1.165) is 32.8 Å². The van der Waals surface area contributed by atoms with Crippen LogP contribution in [0.2, 0.25) is 0 Å². The van der Waals surface area contributed by atoms with E-state index in [0.29, 0.717) is 19.8 Å². The maximum atomic E-state index is 11.4. The number of phosphoric acid groups is 1. The standard InChI is InChI=1S/C16H35O6P/c1-4-6-8-10-12-20-14-16(15-22-23(17,18)19-3)21-13-11-9-7-5-2/h16H,4-15H2,1-3H3,(H,17,18)/t16-/m0/s1. The summed E-state index contributed by atoms with van der Waals surface area (Å²) in [5.74, 6) is 0. The van der Waals surface area contributed by atoms with E-state index in [-0.39, 0.29) is 12.7 Å². The van der Waals surface area contributed by atoms with Gasteiger partial charge >= 0.3 is 7.82 Å². The fourth-order valence-electron chi connectivity index (χ4n) is 2.00. The Bertz CT molecular complexity index is 300. The highest BCUT2D eigenvalue weighted by Crippen LogP contribution is 2.41. The molecule has 0 rings (SSSR count). The zero-order valence-corrected chi connectivity index (χ0v) is 15.9. The summed E-state index contributed by atoms with van der Waals surface area (Å²) in [7, 11) is -2.82. The fraction of sp³-hybridized carbons (Fsp3) is 1.00. The van der Waals surface area contributed by atoms with E-state index in [9.17, 15) is 9.46 Å². The molecule has 0 saturated heterocycles. The van der Waals surface area contributed by atoms with E-state index in [4.69, 9.17) is 14.0 Å². The number of hydrogen-bond donors (Lipinski definition) is 1. The van der Waals surface area contributed by atoms with Gasteiger partial charge in [-0.25, -0.2) is 4.57 Å². The maximum Gasteiger partial charge on any atom is 0.472 e. The second-order valence-corrected chi connectivity index (χ2v) is 7.20. The molecule has 0 radical (unpaired) electrons. The predicted molar refractivity (Wildman–Crippen MR) is 91.6 cm³/mol. The molecule has 0 aromatic carbocycles. The van der Waals surface area contributed by atoms with Gasteiger partial charge < -0.3 is 14.4 Å². The van der Waals surface area contributed by atoms with Gasteiger partial charge in [0.05, 0.1) is 13.2 Å². The molecule has 0 spiro atoms. The van der Waals surface area contributed by atoms with Crippen LogP contribution in [0.4, 0.5) is 0 Å². The maximum absolute atomic E-state index is 11.4. The van der Waals surface area contributed by atoms with Crippen LogP contribution in [0.3, 0.4) is 0 Å². The second-order valence-electron chi connectivity index (χ2n) is 5.64. The first-order valence-corrected chi connectivity index (χ1v) is 10.3. The first-order chi connectivity index (χ1) is 11.1. The molecule has 0 aliphatic carbocycles. The highest BCUT2D eigenvalue weighted by Gasteiger charge is 2.21. The first-order valence-electron chi connectivity index (χ1n) is 8.78. The van der Waals surface area contributed by atoms with Crippen LogP contribution in [0.1, 0.15) is 65.2 Å². The lowest BCUT2D eigenvalue weighted by atomic mass is 10.2. The summed E-state index contributed by atoms with van der Waals surface area (Å²) in [4.78, 5) is 9.30. The highest BCUT2D eigenvalue weighted by molar-refractivity contribution is 7.47. The molecule has 0 aromatic rings. The molecule has 1 N–H and O–H groups in total. The summed E-state index contributed by atoms with van der Waals surface area (Å²) in [6, 6.07) is 0. The summed E-state index contributed by atoms with van der Waals surface area (Å²) in [6.07, 6.45) is 8.70. The molecule has 140 valence electrons. The Labute approximate surface area is 141 Å². The Morgan fingerprint density at radius 3 is 2.09 bits per heavy atom. The van der Waals surface area contributed by atoms with Crippen LogP contribution < -0.4 is 0 Å². The van der Waals surface area contributed by atoms with Crippen molar-refractivity contribution in [2.75, 3.05) is 33.5 Å². The van der Waals surface area contributed by atoms with Crippen LogP contribution in [0.5, 0.6) is 0 Å². The van der Waals surface area contributed by atoms with Crippen molar-refractivity contribution in [1.29, 1.82) is 0 Å². The van der Waals surface area contributed by atoms with E-state index >= 15 is 0 Å². The molecule has 7 heteroatoms. The van der Waals surface area contributed by atoms with Crippen LogP contribution in [0.25, 0.3) is 0 Å². The zero-order chi connectivity index (χ0) is 17.4. The summed E-state index contributed by atoms with van der Waals surface area (Å²) in [5, 5.41) is 0. The molecule has 6 nitrogen and oxygen atoms in total. The topological polar surface area (TPSA) is 74.2 Å². The van der Waals surface area contributed by atoms with Gasteiger partial charge in [-0.2, -0.15) is 0 Å². The van der Waals surface area contributed by atoms with Crippen molar-refractivity contribution in [3.63, 3.8) is 0 Å². The van der Waals surface area contributed by atoms with Crippen molar-refractivity contribution in [2.45, 2.75) is 71.3 Å². The Kier molecular flexibility index (Phi) is 15.6. The first kappa shape index (κ1) is 23.0. The van der Waals surface area contributed by atoms with Gasteiger partial charge in [0.1, 0.15) is 6.10 Å². The molecule has 0 fully saturated rings. The smallest absolute Gasteiger partial charge is 0.379 e. The average Bonchev–Trinajstić information content (AvgIpc) is 2.54. The monoisotopic (exact) mass is 354 g/mol. The van der Waals surface area contributed by atoms with Crippen molar-refractivity contribution in [1.82, 2.24) is 0 Å². The molecule has 0 amide bonds. The molecule has 0 bridgehead atoms. The number of rotatable bonds is 17. The fourth-order valence-corrected chi connectivity index (χ4v) is 2.46. The third-order valence-electron chi connectivity index (χ3n) is 3.45. The van der Waals surface area contributed by atoms with E-state index in [2.05, 4.69) is 18.4 Å². The number of hydrogen-bond acceptors (Lipinski definition) is 5. The second kappa shape index (κ2) is 15.6. The van der Waals surface area contributed by atoms with E-state index in [1.807, 2.05) is 0 Å². The third kappa shape index (κ3) is 15.3. The SMILES string of the molecule is CCCCCCOC[C@@H](COP(=O)(O)OC)OCCCCCC. The van der Waals surface area contributed by atoms with Crippen molar-refractivity contribution < 1.29 is 28.0 Å². The van der Waals surface area contributed by atoms with Crippen LogP contribution in [0.15, 0.2) is 0 Å². The van der Waals surface area contributed by atoms with Crippen molar-refractivity contribution >= 4 is 7.82 Å². The Morgan fingerprint density at radius 1 is 0.913 bits per heavy atom. The van der Waals surface area contributed by atoms with Crippen molar-refractivity contribution in [3.05, 3.63) is 0 Å². The van der Waals surface area contributed by atoms with E-state index in [1.54, 1.807) is 0 Å². The number of phosphoric ester groups is 1. The van der Waals surface area contributed by atoms with Gasteiger partial charge in [-0.1, -0.05) is 52.4 Å². The Morgan fingerprint density at radius 2 is 1.52 bits per heavy atom. The minimum atomic E-state index is -3.97. The molecule has 23 heavy (non-hydrogen) atoms. The summed E-state index contributed by atoms with van der Waals surface area (Å²) >= 11 is 0. The number of ether oxygens (including phenoxy) is 2.